The fourth-order valence-corrected chi connectivity index (χ4v) is 7.31. The molecule has 164 valence electrons. The fourth-order valence-electron chi connectivity index (χ4n) is 3.87. The number of nitrogens with zero attached hydrogens (tertiary/aromatic N) is 1. The summed E-state index contributed by atoms with van der Waals surface area (Å²) in [7, 11) is -1.90. The van der Waals surface area contributed by atoms with Crippen LogP contribution in [0.1, 0.15) is 43.0 Å². The Hall–Kier alpha value is -2.70. The average Bonchev–Trinajstić information content (AvgIpc) is 2.78. The van der Waals surface area contributed by atoms with Gasteiger partial charge in [-0.15, -0.1) is 0 Å². The molecule has 1 N–H and O–H groups in total. The van der Waals surface area contributed by atoms with E-state index in [4.69, 9.17) is 10.00 Å². The van der Waals surface area contributed by atoms with Gasteiger partial charge < -0.3 is 10.1 Å². The molecule has 0 fully saturated rings. The number of aryl methyl sites for hydroxylation is 2. The van der Waals surface area contributed by atoms with Crippen LogP contribution >= 0.6 is 7.26 Å². The van der Waals surface area contributed by atoms with E-state index in [-0.39, 0.29) is 24.1 Å². The van der Waals surface area contributed by atoms with E-state index < -0.39 is 7.26 Å². The molecule has 0 aliphatic heterocycles. The zero-order chi connectivity index (χ0) is 23.0. The van der Waals surface area contributed by atoms with Crippen molar-refractivity contribution >= 4 is 24.8 Å². The van der Waals surface area contributed by atoms with Crippen molar-refractivity contribution in [3.05, 3.63) is 64.7 Å². The van der Waals surface area contributed by atoms with Crippen molar-refractivity contribution in [2.45, 2.75) is 46.9 Å². The van der Waals surface area contributed by atoms with Gasteiger partial charge in [0.1, 0.15) is 12.3 Å². The van der Waals surface area contributed by atoms with Crippen LogP contribution in [0.25, 0.3) is 0 Å². The summed E-state index contributed by atoms with van der Waals surface area (Å²) < 4.78 is 5.53. The molecule has 2 aromatic rings. The third-order valence-electron chi connectivity index (χ3n) is 6.06. The largest absolute Gasteiger partial charge is 0.458 e. The molecule has 1 unspecified atom stereocenters. The molecule has 0 saturated carbocycles. The summed E-state index contributed by atoms with van der Waals surface area (Å²) in [5, 5.41) is 12.2. The quantitative estimate of drug-likeness (QED) is 0.425. The fraction of sp³-hybridized carbons (Fsp3) is 0.400. The maximum Gasteiger partial charge on any atom is 0.344 e. The van der Waals surface area contributed by atoms with Gasteiger partial charge in [-0.05, 0) is 63.4 Å². The summed E-state index contributed by atoms with van der Waals surface area (Å²) in [5.74, 6) is -0.324. The first-order valence-corrected chi connectivity index (χ1v) is 13.0. The number of nitrogens with one attached hydrogen (secondary N) is 1. The monoisotopic (exact) mass is 439 g/mol. The Morgan fingerprint density at radius 2 is 1.68 bits per heavy atom. The van der Waals surface area contributed by atoms with Gasteiger partial charge in [0.05, 0.1) is 24.0 Å². The van der Waals surface area contributed by atoms with Crippen LogP contribution in [-0.4, -0.2) is 36.0 Å². The minimum absolute atomic E-state index is 0.0798. The minimum atomic E-state index is -1.90. The maximum absolute atomic E-state index is 13.2. The SMILES string of the molecule is CC[P+](CC)(CC(=O)OCc1ccccc1)C(C)C(=O)Nc1c(C)cc(C#N)cc1C. The van der Waals surface area contributed by atoms with Gasteiger partial charge in [-0.1, -0.05) is 30.3 Å². The number of carbonyl (C=O) groups excluding carboxylic acids is 2. The molecule has 2 aromatic carbocycles. The van der Waals surface area contributed by atoms with Crippen molar-refractivity contribution < 1.29 is 14.3 Å². The number of nitriles is 1. The van der Waals surface area contributed by atoms with Crippen molar-refractivity contribution in [2.24, 2.45) is 0 Å². The summed E-state index contributed by atoms with van der Waals surface area (Å²) in [6.45, 7) is 10.1. The van der Waals surface area contributed by atoms with Crippen molar-refractivity contribution in [3.8, 4) is 6.07 Å². The van der Waals surface area contributed by atoms with Gasteiger partial charge in [-0.3, -0.25) is 4.79 Å². The normalized spacial score (nSPS) is 12.0. The van der Waals surface area contributed by atoms with Crippen molar-refractivity contribution in [1.82, 2.24) is 0 Å². The lowest BCUT2D eigenvalue weighted by molar-refractivity contribution is -0.141. The second-order valence-electron chi connectivity index (χ2n) is 7.92. The standard InChI is InChI=1S/C25H31N2O3P/c1-6-31(7-2,17-23(28)30-16-21-11-9-8-10-12-21)20(5)25(29)27-24-18(3)13-22(15-26)14-19(24)4/h8-14,20H,6-7,16-17H2,1-5H3/p+1. The predicted octanol–water partition coefficient (Wildman–Crippen LogP) is 5.30. The van der Waals surface area contributed by atoms with Gasteiger partial charge in [0.15, 0.2) is 6.16 Å². The Morgan fingerprint density at radius 3 is 2.19 bits per heavy atom. The summed E-state index contributed by atoms with van der Waals surface area (Å²) in [6, 6.07) is 15.3. The maximum atomic E-state index is 13.2. The molecule has 31 heavy (non-hydrogen) atoms. The number of amides is 1. The van der Waals surface area contributed by atoms with Crippen LogP contribution in [0.3, 0.4) is 0 Å². The molecule has 0 radical (unpaired) electrons. The Kier molecular flexibility index (Phi) is 8.77. The lowest BCUT2D eigenvalue weighted by Crippen LogP contribution is -2.33. The molecule has 1 atom stereocenters. The van der Waals surface area contributed by atoms with Crippen LogP contribution in [0.15, 0.2) is 42.5 Å². The number of benzene rings is 2. The molecule has 6 heteroatoms. The van der Waals surface area contributed by atoms with E-state index in [0.717, 1.165) is 34.7 Å². The predicted molar refractivity (Wildman–Crippen MR) is 128 cm³/mol. The molecule has 1 amide bonds. The van der Waals surface area contributed by atoms with Crippen molar-refractivity contribution in [3.63, 3.8) is 0 Å². The third kappa shape index (κ3) is 6.15. The van der Waals surface area contributed by atoms with E-state index in [1.165, 1.54) is 0 Å². The number of anilines is 1. The highest BCUT2D eigenvalue weighted by Crippen LogP contribution is 2.62. The molecule has 0 spiro atoms. The average molecular weight is 440 g/mol. The van der Waals surface area contributed by atoms with E-state index in [2.05, 4.69) is 25.2 Å². The van der Waals surface area contributed by atoms with Crippen LogP contribution in [0.4, 0.5) is 5.69 Å². The zero-order valence-corrected chi connectivity index (χ0v) is 20.0. The lowest BCUT2D eigenvalue weighted by Gasteiger charge is -2.30. The molecule has 2 rings (SSSR count). The molecule has 0 aliphatic carbocycles. The lowest BCUT2D eigenvalue weighted by atomic mass is 10.0. The molecule has 0 heterocycles. The van der Waals surface area contributed by atoms with Gasteiger partial charge in [0.25, 0.3) is 5.91 Å². The molecular formula is C25H32N2O3P+. The molecule has 0 saturated heterocycles. The van der Waals surface area contributed by atoms with Crippen LogP contribution < -0.4 is 5.32 Å². The van der Waals surface area contributed by atoms with Gasteiger partial charge >= 0.3 is 5.97 Å². The van der Waals surface area contributed by atoms with Crippen molar-refractivity contribution in [1.29, 1.82) is 5.26 Å². The number of hydrogen-bond donors (Lipinski definition) is 1. The molecule has 5 nitrogen and oxygen atoms in total. The van der Waals surface area contributed by atoms with Gasteiger partial charge in [0.2, 0.25) is 0 Å². The number of carbonyl (C=O) groups is 2. The first-order valence-electron chi connectivity index (χ1n) is 10.6. The highest BCUT2D eigenvalue weighted by molar-refractivity contribution is 7.78. The smallest absolute Gasteiger partial charge is 0.344 e. The first kappa shape index (κ1) is 24.6. The topological polar surface area (TPSA) is 79.2 Å². The molecule has 0 aliphatic rings. The van der Waals surface area contributed by atoms with Crippen molar-refractivity contribution in [2.75, 3.05) is 23.8 Å². The van der Waals surface area contributed by atoms with E-state index in [9.17, 15) is 9.59 Å². The summed E-state index contributed by atoms with van der Waals surface area (Å²) >= 11 is 0. The van der Waals surface area contributed by atoms with E-state index >= 15 is 0 Å². The first-order chi connectivity index (χ1) is 14.8. The van der Waals surface area contributed by atoms with Gasteiger partial charge in [-0.25, -0.2) is 4.79 Å². The van der Waals surface area contributed by atoms with Crippen LogP contribution in [0.5, 0.6) is 0 Å². The summed E-state index contributed by atoms with van der Waals surface area (Å²) in [4.78, 5) is 25.9. The molecular weight excluding hydrogens is 407 g/mol. The van der Waals surface area contributed by atoms with Crippen LogP contribution in [0, 0.1) is 25.2 Å². The Balaban J connectivity index is 2.12. The molecule has 0 aromatic heterocycles. The van der Waals surface area contributed by atoms with E-state index in [1.807, 2.05) is 51.1 Å². The van der Waals surface area contributed by atoms with Crippen LogP contribution in [-0.2, 0) is 20.9 Å². The highest BCUT2D eigenvalue weighted by atomic mass is 31.2. The summed E-state index contributed by atoms with van der Waals surface area (Å²) in [5.41, 5.74) is 3.71. The minimum Gasteiger partial charge on any atom is -0.458 e. The summed E-state index contributed by atoms with van der Waals surface area (Å²) in [6.07, 6.45) is 1.89. The second-order valence-corrected chi connectivity index (χ2v) is 12.7. The third-order valence-corrected chi connectivity index (χ3v) is 11.3. The van der Waals surface area contributed by atoms with E-state index in [1.54, 1.807) is 12.1 Å². The van der Waals surface area contributed by atoms with E-state index in [0.29, 0.717) is 11.7 Å². The Bertz CT molecular complexity index is 939. The highest BCUT2D eigenvalue weighted by Gasteiger charge is 2.46. The number of hydrogen-bond acceptors (Lipinski definition) is 4. The van der Waals surface area contributed by atoms with Gasteiger partial charge in [-0.2, -0.15) is 5.26 Å². The second kappa shape index (κ2) is 11.1. The number of ether oxygens (including phenoxy) is 1. The zero-order valence-electron chi connectivity index (χ0n) is 19.1. The Labute approximate surface area is 186 Å². The molecule has 0 bridgehead atoms. The Morgan fingerprint density at radius 1 is 1.10 bits per heavy atom. The number of rotatable bonds is 9. The number of esters is 1. The van der Waals surface area contributed by atoms with Crippen LogP contribution in [0.2, 0.25) is 0 Å². The van der Waals surface area contributed by atoms with Gasteiger partial charge in [0, 0.05) is 12.9 Å².